The summed E-state index contributed by atoms with van der Waals surface area (Å²) in [6.07, 6.45) is 2.26. The molecular weight excluding hydrogens is 412 g/mol. The second-order valence-electron chi connectivity index (χ2n) is 7.14. The molecule has 2 aromatic carbocycles. The molecule has 31 heavy (non-hydrogen) atoms. The first kappa shape index (κ1) is 21.2. The van der Waals surface area contributed by atoms with Crippen LogP contribution in [0, 0.1) is 0 Å². The van der Waals surface area contributed by atoms with Gasteiger partial charge < -0.3 is 14.8 Å². The van der Waals surface area contributed by atoms with Crippen molar-refractivity contribution in [2.24, 2.45) is 0 Å². The average molecular weight is 439 g/mol. The lowest BCUT2D eigenvalue weighted by Crippen LogP contribution is -2.15. The van der Waals surface area contributed by atoms with Gasteiger partial charge >= 0.3 is 0 Å². The summed E-state index contributed by atoms with van der Waals surface area (Å²) in [6, 6.07) is 15.4. The molecule has 0 bridgehead atoms. The molecule has 1 amide bonds. The maximum Gasteiger partial charge on any atom is 0.234 e. The van der Waals surface area contributed by atoms with E-state index in [2.05, 4.69) is 10.4 Å². The molecule has 0 unspecified atom stereocenters. The first-order chi connectivity index (χ1) is 15.2. The standard InChI is InChI=1S/C23H26N4O3S/c1-3-29-18-12-13-20(30-4-2)19(14-18)24-21(28)15-31-23-25-22(16-10-11-16)27(26-23)17-8-6-5-7-9-17/h5-9,12-14,16H,3-4,10-11,15H2,1-2H3,(H,24,28). The maximum atomic E-state index is 12.6. The minimum absolute atomic E-state index is 0.149. The molecule has 0 atom stereocenters. The van der Waals surface area contributed by atoms with E-state index in [0.717, 1.165) is 24.4 Å². The topological polar surface area (TPSA) is 78.3 Å². The summed E-state index contributed by atoms with van der Waals surface area (Å²) in [5.41, 5.74) is 1.59. The van der Waals surface area contributed by atoms with E-state index < -0.39 is 0 Å². The zero-order valence-corrected chi connectivity index (χ0v) is 18.5. The summed E-state index contributed by atoms with van der Waals surface area (Å²) < 4.78 is 13.1. The van der Waals surface area contributed by atoms with Crippen LogP contribution >= 0.6 is 11.8 Å². The highest BCUT2D eigenvalue weighted by molar-refractivity contribution is 7.99. The normalized spacial score (nSPS) is 13.1. The molecule has 3 aromatic rings. The number of rotatable bonds is 10. The van der Waals surface area contributed by atoms with Gasteiger partial charge in [-0.2, -0.15) is 0 Å². The van der Waals surface area contributed by atoms with Gasteiger partial charge in [-0.3, -0.25) is 4.79 Å². The van der Waals surface area contributed by atoms with E-state index in [1.165, 1.54) is 11.8 Å². The Morgan fingerprint density at radius 3 is 2.61 bits per heavy atom. The monoisotopic (exact) mass is 438 g/mol. The predicted molar refractivity (Wildman–Crippen MR) is 121 cm³/mol. The molecule has 0 radical (unpaired) electrons. The molecule has 162 valence electrons. The lowest BCUT2D eigenvalue weighted by atomic mass is 10.2. The molecule has 0 aliphatic heterocycles. The number of thioether (sulfide) groups is 1. The number of amides is 1. The van der Waals surface area contributed by atoms with Crippen LogP contribution in [-0.2, 0) is 4.79 Å². The molecular formula is C23H26N4O3S. The number of ether oxygens (including phenoxy) is 2. The first-order valence-electron chi connectivity index (χ1n) is 10.5. The van der Waals surface area contributed by atoms with Crippen LogP contribution in [0.25, 0.3) is 5.69 Å². The smallest absolute Gasteiger partial charge is 0.234 e. The van der Waals surface area contributed by atoms with E-state index in [-0.39, 0.29) is 11.7 Å². The number of aromatic nitrogens is 3. The number of benzene rings is 2. The van der Waals surface area contributed by atoms with Gasteiger partial charge in [0, 0.05) is 12.0 Å². The van der Waals surface area contributed by atoms with Gasteiger partial charge in [0.05, 0.1) is 30.3 Å². The van der Waals surface area contributed by atoms with Crippen LogP contribution in [0.2, 0.25) is 0 Å². The van der Waals surface area contributed by atoms with Gasteiger partial charge in [-0.1, -0.05) is 30.0 Å². The Hall–Kier alpha value is -3.00. The second kappa shape index (κ2) is 9.87. The molecule has 0 spiro atoms. The van der Waals surface area contributed by atoms with Crippen molar-refractivity contribution >= 4 is 23.4 Å². The number of nitrogens with zero attached hydrogens (tertiary/aromatic N) is 3. The summed E-state index contributed by atoms with van der Waals surface area (Å²) >= 11 is 1.33. The van der Waals surface area contributed by atoms with Crippen LogP contribution < -0.4 is 14.8 Å². The highest BCUT2D eigenvalue weighted by Gasteiger charge is 2.30. The fourth-order valence-corrected chi connectivity index (χ4v) is 3.82. The quantitative estimate of drug-likeness (QED) is 0.464. The van der Waals surface area contributed by atoms with Crippen molar-refractivity contribution in [1.82, 2.24) is 14.8 Å². The molecule has 0 saturated heterocycles. The predicted octanol–water partition coefficient (Wildman–Crippen LogP) is 4.67. The second-order valence-corrected chi connectivity index (χ2v) is 8.08. The van der Waals surface area contributed by atoms with Crippen molar-refractivity contribution in [3.8, 4) is 17.2 Å². The van der Waals surface area contributed by atoms with Crippen LogP contribution in [0.3, 0.4) is 0 Å². The van der Waals surface area contributed by atoms with Crippen LogP contribution in [0.1, 0.15) is 38.4 Å². The lowest BCUT2D eigenvalue weighted by Gasteiger charge is -2.13. The van der Waals surface area contributed by atoms with Crippen molar-refractivity contribution in [3.63, 3.8) is 0 Å². The third-order valence-electron chi connectivity index (χ3n) is 4.72. The van der Waals surface area contributed by atoms with Gasteiger partial charge in [0.15, 0.2) is 0 Å². The van der Waals surface area contributed by atoms with Crippen molar-refractivity contribution in [2.45, 2.75) is 37.8 Å². The van der Waals surface area contributed by atoms with Crippen molar-refractivity contribution in [1.29, 1.82) is 0 Å². The number of hydrogen-bond acceptors (Lipinski definition) is 6. The van der Waals surface area contributed by atoms with Gasteiger partial charge in [-0.25, -0.2) is 9.67 Å². The molecule has 1 aromatic heterocycles. The summed E-state index contributed by atoms with van der Waals surface area (Å²) in [6.45, 7) is 4.89. The van der Waals surface area contributed by atoms with Gasteiger partial charge in [0.25, 0.3) is 0 Å². The number of carbonyl (C=O) groups excluding carboxylic acids is 1. The summed E-state index contributed by atoms with van der Waals surface area (Å²) in [7, 11) is 0. The molecule has 1 saturated carbocycles. The van der Waals surface area contributed by atoms with E-state index in [0.29, 0.717) is 41.5 Å². The fraction of sp³-hybridized carbons (Fsp3) is 0.348. The Labute approximate surface area is 186 Å². The summed E-state index contributed by atoms with van der Waals surface area (Å²) in [5, 5.41) is 8.18. The summed E-state index contributed by atoms with van der Waals surface area (Å²) in [5.74, 6) is 2.78. The highest BCUT2D eigenvalue weighted by Crippen LogP contribution is 2.40. The zero-order chi connectivity index (χ0) is 21.6. The minimum atomic E-state index is -0.149. The number of nitrogens with one attached hydrogen (secondary N) is 1. The fourth-order valence-electron chi connectivity index (χ4n) is 3.19. The first-order valence-corrected chi connectivity index (χ1v) is 11.5. The van der Waals surface area contributed by atoms with Gasteiger partial charge in [0.2, 0.25) is 11.1 Å². The molecule has 1 N–H and O–H groups in total. The van der Waals surface area contributed by atoms with Crippen LogP contribution in [0.5, 0.6) is 11.5 Å². The minimum Gasteiger partial charge on any atom is -0.494 e. The number of hydrogen-bond donors (Lipinski definition) is 1. The number of anilines is 1. The highest BCUT2D eigenvalue weighted by atomic mass is 32.2. The number of para-hydroxylation sites is 1. The van der Waals surface area contributed by atoms with E-state index in [1.807, 2.05) is 61.0 Å². The summed E-state index contributed by atoms with van der Waals surface area (Å²) in [4.78, 5) is 17.3. The van der Waals surface area contributed by atoms with Crippen molar-refractivity contribution in [2.75, 3.05) is 24.3 Å². The van der Waals surface area contributed by atoms with Gasteiger partial charge in [-0.05, 0) is 51.0 Å². The van der Waals surface area contributed by atoms with Crippen molar-refractivity contribution < 1.29 is 14.3 Å². The lowest BCUT2D eigenvalue weighted by molar-refractivity contribution is -0.113. The van der Waals surface area contributed by atoms with E-state index in [4.69, 9.17) is 14.5 Å². The molecule has 8 heteroatoms. The Morgan fingerprint density at radius 2 is 1.90 bits per heavy atom. The van der Waals surface area contributed by atoms with Gasteiger partial charge in [0.1, 0.15) is 17.3 Å². The largest absolute Gasteiger partial charge is 0.494 e. The molecule has 1 aliphatic rings. The third kappa shape index (κ3) is 5.38. The molecule has 1 heterocycles. The Kier molecular flexibility index (Phi) is 6.76. The van der Waals surface area contributed by atoms with E-state index >= 15 is 0 Å². The van der Waals surface area contributed by atoms with Crippen LogP contribution in [-0.4, -0.2) is 39.6 Å². The Bertz CT molecular complexity index is 1030. The van der Waals surface area contributed by atoms with E-state index in [9.17, 15) is 4.79 Å². The molecule has 7 nitrogen and oxygen atoms in total. The van der Waals surface area contributed by atoms with E-state index in [1.54, 1.807) is 6.07 Å². The van der Waals surface area contributed by atoms with Crippen molar-refractivity contribution in [3.05, 3.63) is 54.4 Å². The Balaban J connectivity index is 1.44. The SMILES string of the molecule is CCOc1ccc(OCC)c(NC(=O)CSc2nc(C3CC3)n(-c3ccccc3)n2)c1. The maximum absolute atomic E-state index is 12.6. The van der Waals surface area contributed by atoms with Crippen LogP contribution in [0.15, 0.2) is 53.7 Å². The van der Waals surface area contributed by atoms with Crippen LogP contribution in [0.4, 0.5) is 5.69 Å². The molecule has 4 rings (SSSR count). The number of carbonyl (C=O) groups is 1. The zero-order valence-electron chi connectivity index (χ0n) is 17.7. The van der Waals surface area contributed by atoms with Gasteiger partial charge in [-0.15, -0.1) is 5.10 Å². The average Bonchev–Trinajstić information content (AvgIpc) is 3.54. The third-order valence-corrected chi connectivity index (χ3v) is 5.56. The molecule has 1 fully saturated rings. The Morgan fingerprint density at radius 1 is 1.13 bits per heavy atom. The molecule has 1 aliphatic carbocycles.